The third-order valence-corrected chi connectivity index (χ3v) is 13.1. The first-order chi connectivity index (χ1) is 27.8. The highest BCUT2D eigenvalue weighted by Crippen LogP contribution is 2.57. The Kier molecular flexibility index (Phi) is 6.46. The molecule has 0 spiro atoms. The summed E-state index contributed by atoms with van der Waals surface area (Å²) < 4.78 is 9.30. The first-order valence-electron chi connectivity index (χ1n) is 20.0. The number of rotatable bonds is 4. The molecule has 0 bridgehead atoms. The van der Waals surface area contributed by atoms with Crippen LogP contribution < -0.4 is 4.90 Å². The molecule has 0 saturated heterocycles. The van der Waals surface area contributed by atoms with Crippen molar-refractivity contribution < 1.29 is 4.42 Å². The molecule has 12 rings (SSSR count). The van der Waals surface area contributed by atoms with Crippen LogP contribution in [-0.4, -0.2) is 4.57 Å². The van der Waals surface area contributed by atoms with E-state index in [9.17, 15) is 0 Å². The Hall–Kier alpha value is -6.84. The lowest BCUT2D eigenvalue weighted by Crippen LogP contribution is -2.15. The van der Waals surface area contributed by atoms with E-state index in [-0.39, 0.29) is 10.8 Å². The fourth-order valence-corrected chi connectivity index (χ4v) is 10.5. The summed E-state index contributed by atoms with van der Waals surface area (Å²) >= 11 is 0. The van der Waals surface area contributed by atoms with Crippen LogP contribution in [0.4, 0.5) is 17.1 Å². The maximum atomic E-state index is 6.78. The summed E-state index contributed by atoms with van der Waals surface area (Å²) in [6.45, 7) is 9.45. The second-order valence-electron chi connectivity index (χ2n) is 16.9. The van der Waals surface area contributed by atoms with Gasteiger partial charge in [-0.1, -0.05) is 137 Å². The van der Waals surface area contributed by atoms with Crippen LogP contribution in [0.3, 0.4) is 0 Å². The molecule has 3 nitrogen and oxygen atoms in total. The highest BCUT2D eigenvalue weighted by molar-refractivity contribution is 6.15. The number of anilines is 3. The van der Waals surface area contributed by atoms with Crippen LogP contribution in [0.5, 0.6) is 0 Å². The van der Waals surface area contributed by atoms with E-state index in [1.54, 1.807) is 0 Å². The zero-order valence-corrected chi connectivity index (χ0v) is 32.5. The fourth-order valence-electron chi connectivity index (χ4n) is 10.5. The predicted octanol–water partition coefficient (Wildman–Crippen LogP) is 14.8. The topological polar surface area (TPSA) is 21.3 Å². The van der Waals surface area contributed by atoms with Crippen molar-refractivity contribution in [3.8, 4) is 28.1 Å². The van der Waals surface area contributed by atoms with Gasteiger partial charge in [0.15, 0.2) is 0 Å². The average Bonchev–Trinajstić information content (AvgIpc) is 3.92. The largest absolute Gasteiger partial charge is 0.456 e. The van der Waals surface area contributed by atoms with Crippen LogP contribution in [0.25, 0.3) is 71.7 Å². The highest BCUT2D eigenvalue weighted by Gasteiger charge is 2.42. The second-order valence-corrected chi connectivity index (χ2v) is 16.9. The molecule has 0 fully saturated rings. The van der Waals surface area contributed by atoms with Gasteiger partial charge in [-0.3, -0.25) is 0 Å². The molecule has 0 unspecified atom stereocenters. The van der Waals surface area contributed by atoms with Crippen molar-refractivity contribution in [1.29, 1.82) is 0 Å². The molecular formula is C54H40N2O. The molecule has 2 heterocycles. The van der Waals surface area contributed by atoms with Gasteiger partial charge in [-0.15, -0.1) is 0 Å². The minimum atomic E-state index is -0.192. The lowest BCUT2D eigenvalue weighted by molar-refractivity contribution is 0.647. The Morgan fingerprint density at radius 1 is 0.491 bits per heavy atom. The molecule has 10 aromatic rings. The molecule has 2 aromatic heterocycles. The lowest BCUT2D eigenvalue weighted by Gasteiger charge is -2.27. The molecule has 2 aliphatic rings. The van der Waals surface area contributed by atoms with E-state index in [4.69, 9.17) is 4.42 Å². The molecule has 272 valence electrons. The minimum absolute atomic E-state index is 0.108. The predicted molar refractivity (Wildman–Crippen MR) is 238 cm³/mol. The highest BCUT2D eigenvalue weighted by atomic mass is 16.3. The second kappa shape index (κ2) is 11.4. The summed E-state index contributed by atoms with van der Waals surface area (Å²) in [7, 11) is 0. The van der Waals surface area contributed by atoms with Gasteiger partial charge >= 0.3 is 0 Å². The molecule has 3 heteroatoms. The zero-order valence-electron chi connectivity index (χ0n) is 32.5. The molecule has 0 atom stereocenters. The van der Waals surface area contributed by atoms with Gasteiger partial charge < -0.3 is 13.9 Å². The average molecular weight is 733 g/mol. The monoisotopic (exact) mass is 732 g/mol. The molecule has 8 aromatic carbocycles. The van der Waals surface area contributed by atoms with Crippen molar-refractivity contribution >= 4 is 60.7 Å². The lowest BCUT2D eigenvalue weighted by atomic mass is 9.81. The standard InChI is InChI=1S/C54H40N2O/c1-53(2)42-23-14-13-22-38(42)40-31-41-48(32-44(40)53)57-47-25-15-24-45(50(41)47)55(34-17-7-5-8-18-34)36-27-28-39-46(30-36)56(35-19-9-6-10-20-35)52-49-37-21-12-11-16-33(37)26-29-43(49)54(3,4)51(39)52/h5-32H,1-4H3. The van der Waals surface area contributed by atoms with Gasteiger partial charge in [0, 0.05) is 44.2 Å². The van der Waals surface area contributed by atoms with Gasteiger partial charge in [0.1, 0.15) is 11.2 Å². The van der Waals surface area contributed by atoms with Crippen LogP contribution in [-0.2, 0) is 10.8 Å². The Morgan fingerprint density at radius 3 is 2.09 bits per heavy atom. The van der Waals surface area contributed by atoms with Crippen molar-refractivity contribution in [3.63, 3.8) is 0 Å². The molecule has 57 heavy (non-hydrogen) atoms. The van der Waals surface area contributed by atoms with E-state index in [1.165, 1.54) is 66.3 Å². The molecular weight excluding hydrogens is 693 g/mol. The van der Waals surface area contributed by atoms with Gasteiger partial charge in [-0.2, -0.15) is 0 Å². The van der Waals surface area contributed by atoms with Crippen molar-refractivity contribution in [3.05, 3.63) is 192 Å². The minimum Gasteiger partial charge on any atom is -0.456 e. The Morgan fingerprint density at radius 2 is 1.25 bits per heavy atom. The van der Waals surface area contributed by atoms with E-state index >= 15 is 0 Å². The molecule has 0 amide bonds. The smallest absolute Gasteiger partial charge is 0.137 e. The van der Waals surface area contributed by atoms with Gasteiger partial charge in [0.05, 0.1) is 22.3 Å². The van der Waals surface area contributed by atoms with E-state index in [2.05, 4.69) is 207 Å². The number of aromatic nitrogens is 1. The third kappa shape index (κ3) is 4.32. The zero-order chi connectivity index (χ0) is 38.2. The number of furan rings is 1. The van der Waals surface area contributed by atoms with Crippen LogP contribution in [0.15, 0.2) is 174 Å². The molecule has 0 radical (unpaired) electrons. The van der Waals surface area contributed by atoms with Crippen LogP contribution in [0, 0.1) is 0 Å². The molecule has 2 aliphatic carbocycles. The Labute approximate surface area is 332 Å². The SMILES string of the molecule is CC1(C)c2ccccc2-c2cc3c(cc21)oc1cccc(N(c2ccccc2)c2ccc4c5c(n(-c6ccccc6)c4c2)-c2c(ccc4ccccc24)C5(C)C)c13. The van der Waals surface area contributed by atoms with Crippen LogP contribution in [0.2, 0.25) is 0 Å². The molecule has 0 aliphatic heterocycles. The quantitative estimate of drug-likeness (QED) is 0.180. The summed E-state index contributed by atoms with van der Waals surface area (Å²) in [6, 6.07) is 62.3. The van der Waals surface area contributed by atoms with E-state index in [1.807, 2.05) is 0 Å². The van der Waals surface area contributed by atoms with Crippen molar-refractivity contribution in [1.82, 2.24) is 4.57 Å². The number of hydrogen-bond donors (Lipinski definition) is 0. The summed E-state index contributed by atoms with van der Waals surface area (Å²) in [5.41, 5.74) is 17.8. The first kappa shape index (κ1) is 32.4. The fraction of sp³-hybridized carbons (Fsp3) is 0.111. The van der Waals surface area contributed by atoms with Gasteiger partial charge in [-0.25, -0.2) is 0 Å². The number of benzene rings is 8. The van der Waals surface area contributed by atoms with E-state index < -0.39 is 0 Å². The molecule has 0 N–H and O–H groups in total. The summed E-state index contributed by atoms with van der Waals surface area (Å²) in [5, 5.41) is 6.08. The van der Waals surface area contributed by atoms with Crippen molar-refractivity contribution in [2.24, 2.45) is 0 Å². The number of nitrogens with zero attached hydrogens (tertiary/aromatic N) is 2. The Bertz CT molecular complexity index is 3290. The Balaban J connectivity index is 1.15. The van der Waals surface area contributed by atoms with Gasteiger partial charge in [0.2, 0.25) is 0 Å². The summed E-state index contributed by atoms with van der Waals surface area (Å²) in [4.78, 5) is 2.42. The normalized spacial score (nSPS) is 14.6. The van der Waals surface area contributed by atoms with E-state index in [0.29, 0.717) is 0 Å². The van der Waals surface area contributed by atoms with Crippen molar-refractivity contribution in [2.75, 3.05) is 4.90 Å². The van der Waals surface area contributed by atoms with E-state index in [0.717, 1.165) is 44.7 Å². The van der Waals surface area contributed by atoms with Gasteiger partial charge in [0.25, 0.3) is 0 Å². The number of hydrogen-bond acceptors (Lipinski definition) is 2. The number of para-hydroxylation sites is 2. The van der Waals surface area contributed by atoms with Crippen LogP contribution >= 0.6 is 0 Å². The number of fused-ring (bicyclic) bond motifs is 13. The van der Waals surface area contributed by atoms with Crippen LogP contribution in [0.1, 0.15) is 49.9 Å². The summed E-state index contributed by atoms with van der Waals surface area (Å²) in [6.07, 6.45) is 0. The summed E-state index contributed by atoms with van der Waals surface area (Å²) in [5.74, 6) is 0. The van der Waals surface area contributed by atoms with Crippen molar-refractivity contribution in [2.45, 2.75) is 38.5 Å². The first-order valence-corrected chi connectivity index (χ1v) is 20.0. The molecule has 0 saturated carbocycles. The third-order valence-electron chi connectivity index (χ3n) is 13.1. The maximum Gasteiger partial charge on any atom is 0.137 e. The maximum absolute atomic E-state index is 6.78. The van der Waals surface area contributed by atoms with Gasteiger partial charge in [-0.05, 0) is 105 Å².